The van der Waals surface area contributed by atoms with Crippen molar-refractivity contribution in [3.63, 3.8) is 0 Å². The maximum atomic E-state index is 12.2. The molecule has 8 heteroatoms. The molecule has 1 aromatic rings. The van der Waals surface area contributed by atoms with Crippen molar-refractivity contribution in [2.75, 3.05) is 26.3 Å². The van der Waals surface area contributed by atoms with Crippen molar-refractivity contribution in [2.45, 2.75) is 37.9 Å². The van der Waals surface area contributed by atoms with Gasteiger partial charge in [-0.15, -0.1) is 0 Å². The third kappa shape index (κ3) is 4.12. The van der Waals surface area contributed by atoms with Gasteiger partial charge in [-0.05, 0) is 25.7 Å². The first kappa shape index (κ1) is 16.9. The van der Waals surface area contributed by atoms with E-state index in [1.807, 2.05) is 0 Å². The number of aromatic nitrogens is 2. The molecule has 0 aromatic carbocycles. The maximum Gasteiger partial charge on any atom is 0.271 e. The fraction of sp³-hybridized carbons (Fsp3) is 0.688. The van der Waals surface area contributed by atoms with Gasteiger partial charge in [-0.3, -0.25) is 14.3 Å². The molecule has 2 N–H and O–H groups in total. The summed E-state index contributed by atoms with van der Waals surface area (Å²) >= 11 is 0. The Labute approximate surface area is 140 Å². The highest BCUT2D eigenvalue weighted by Gasteiger charge is 2.21. The summed E-state index contributed by atoms with van der Waals surface area (Å²) in [7, 11) is 1.65. The molecule has 3 heterocycles. The molecule has 2 amide bonds. The second kappa shape index (κ2) is 7.76. The molecule has 0 bridgehead atoms. The van der Waals surface area contributed by atoms with E-state index in [0.29, 0.717) is 18.8 Å². The Morgan fingerprint density at radius 2 is 1.71 bits per heavy atom. The number of hydrogen-bond acceptors (Lipinski definition) is 5. The summed E-state index contributed by atoms with van der Waals surface area (Å²) in [6.07, 6.45) is 4.13. The summed E-state index contributed by atoms with van der Waals surface area (Å²) in [4.78, 5) is 24.4. The summed E-state index contributed by atoms with van der Waals surface area (Å²) in [5, 5.41) is 9.77. The van der Waals surface area contributed by atoms with Crippen LogP contribution in [0.1, 0.15) is 46.7 Å². The first-order valence-electron chi connectivity index (χ1n) is 8.47. The maximum absolute atomic E-state index is 12.2. The summed E-state index contributed by atoms with van der Waals surface area (Å²) in [6.45, 7) is 2.45. The van der Waals surface area contributed by atoms with E-state index in [1.54, 1.807) is 7.05 Å². The number of nitrogens with zero attached hydrogens (tertiary/aromatic N) is 2. The van der Waals surface area contributed by atoms with Crippen molar-refractivity contribution >= 4 is 11.8 Å². The molecule has 2 aliphatic rings. The third-order valence-electron chi connectivity index (χ3n) is 4.37. The van der Waals surface area contributed by atoms with E-state index in [2.05, 4.69) is 15.7 Å². The van der Waals surface area contributed by atoms with Crippen molar-refractivity contribution in [1.82, 2.24) is 20.4 Å². The number of aryl methyl sites for hydroxylation is 1. The number of ether oxygens (including phenoxy) is 2. The lowest BCUT2D eigenvalue weighted by molar-refractivity contribution is 0.0848. The molecule has 0 saturated carbocycles. The summed E-state index contributed by atoms with van der Waals surface area (Å²) in [6, 6.07) is 1.51. The van der Waals surface area contributed by atoms with Crippen LogP contribution in [0.4, 0.5) is 0 Å². The molecule has 2 saturated heterocycles. The molecular weight excluding hydrogens is 312 g/mol. The molecule has 2 aliphatic heterocycles. The zero-order valence-electron chi connectivity index (χ0n) is 13.9. The Bertz CT molecular complexity index is 589. The second-order valence-corrected chi connectivity index (χ2v) is 6.23. The first-order valence-corrected chi connectivity index (χ1v) is 8.47. The van der Waals surface area contributed by atoms with E-state index < -0.39 is 0 Å². The van der Waals surface area contributed by atoms with Gasteiger partial charge in [-0.1, -0.05) is 0 Å². The number of nitrogens with one attached hydrogen (secondary N) is 2. The van der Waals surface area contributed by atoms with Crippen LogP contribution < -0.4 is 10.6 Å². The Hall–Kier alpha value is -1.93. The van der Waals surface area contributed by atoms with E-state index >= 15 is 0 Å². The average Bonchev–Trinajstić information content (AvgIpc) is 3.31. The minimum absolute atomic E-state index is 0.0758. The minimum Gasteiger partial charge on any atom is -0.376 e. The van der Waals surface area contributed by atoms with Gasteiger partial charge in [0, 0.05) is 39.4 Å². The lowest BCUT2D eigenvalue weighted by atomic mass is 10.2. The smallest absolute Gasteiger partial charge is 0.271 e. The van der Waals surface area contributed by atoms with Crippen molar-refractivity contribution in [2.24, 2.45) is 7.05 Å². The van der Waals surface area contributed by atoms with Crippen LogP contribution in [0.5, 0.6) is 0 Å². The number of amides is 2. The Morgan fingerprint density at radius 1 is 1.12 bits per heavy atom. The quantitative estimate of drug-likeness (QED) is 0.776. The van der Waals surface area contributed by atoms with Gasteiger partial charge in [0.2, 0.25) is 0 Å². The van der Waals surface area contributed by atoms with Crippen LogP contribution in [0.2, 0.25) is 0 Å². The molecule has 0 radical (unpaired) electrons. The van der Waals surface area contributed by atoms with Crippen LogP contribution in [-0.2, 0) is 16.5 Å². The molecule has 8 nitrogen and oxygen atoms in total. The molecule has 0 unspecified atom stereocenters. The van der Waals surface area contributed by atoms with E-state index in [9.17, 15) is 9.59 Å². The molecular formula is C16H24N4O4. The third-order valence-corrected chi connectivity index (χ3v) is 4.37. The molecule has 2 fully saturated rings. The van der Waals surface area contributed by atoms with E-state index in [0.717, 1.165) is 38.9 Å². The molecule has 0 spiro atoms. The van der Waals surface area contributed by atoms with Crippen LogP contribution in [0.25, 0.3) is 0 Å². The van der Waals surface area contributed by atoms with Gasteiger partial charge in [-0.2, -0.15) is 5.10 Å². The van der Waals surface area contributed by atoms with Crippen LogP contribution >= 0.6 is 0 Å². The SMILES string of the molecule is Cn1nc(C(=O)NC[C@@H]2CCCO2)cc1C(=O)NC[C@@H]1CCCO1. The van der Waals surface area contributed by atoms with Crippen LogP contribution in [0.3, 0.4) is 0 Å². The fourth-order valence-electron chi connectivity index (χ4n) is 3.00. The standard InChI is InChI=1S/C16H24N4O4/c1-20-14(16(22)18-10-12-5-3-7-24-12)8-13(19-20)15(21)17-9-11-4-2-6-23-11/h8,11-12H,2-7,9-10H2,1H3,(H,17,21)(H,18,22)/t11-,12-/m0/s1. The number of carbonyl (C=O) groups excluding carboxylic acids is 2. The van der Waals surface area contributed by atoms with Gasteiger partial charge in [0.1, 0.15) is 5.69 Å². The van der Waals surface area contributed by atoms with Crippen LogP contribution in [0.15, 0.2) is 6.07 Å². The molecule has 24 heavy (non-hydrogen) atoms. The van der Waals surface area contributed by atoms with Crippen molar-refractivity contribution < 1.29 is 19.1 Å². The molecule has 3 rings (SSSR count). The van der Waals surface area contributed by atoms with Gasteiger partial charge in [-0.25, -0.2) is 0 Å². The highest BCUT2D eigenvalue weighted by atomic mass is 16.5. The average molecular weight is 336 g/mol. The minimum atomic E-state index is -0.292. The number of carbonyl (C=O) groups is 2. The molecule has 1 aromatic heterocycles. The monoisotopic (exact) mass is 336 g/mol. The second-order valence-electron chi connectivity index (χ2n) is 6.23. The number of rotatable bonds is 6. The van der Waals surface area contributed by atoms with Crippen molar-refractivity contribution in [3.05, 3.63) is 17.5 Å². The predicted molar refractivity (Wildman–Crippen MR) is 85.8 cm³/mol. The van der Waals surface area contributed by atoms with Crippen molar-refractivity contribution in [1.29, 1.82) is 0 Å². The summed E-state index contributed by atoms with van der Waals surface area (Å²) in [5.41, 5.74) is 0.591. The van der Waals surface area contributed by atoms with E-state index in [4.69, 9.17) is 9.47 Å². The van der Waals surface area contributed by atoms with Gasteiger partial charge in [0.15, 0.2) is 5.69 Å². The first-order chi connectivity index (χ1) is 11.6. The normalized spacial score (nSPS) is 23.4. The van der Waals surface area contributed by atoms with Gasteiger partial charge < -0.3 is 20.1 Å². The summed E-state index contributed by atoms with van der Waals surface area (Å²) < 4.78 is 12.4. The zero-order chi connectivity index (χ0) is 16.9. The highest BCUT2D eigenvalue weighted by molar-refractivity contribution is 5.97. The van der Waals surface area contributed by atoms with E-state index in [-0.39, 0.29) is 29.7 Å². The highest BCUT2D eigenvalue weighted by Crippen LogP contribution is 2.12. The Balaban J connectivity index is 1.52. The molecule has 0 aliphatic carbocycles. The van der Waals surface area contributed by atoms with Gasteiger partial charge >= 0.3 is 0 Å². The topological polar surface area (TPSA) is 94.5 Å². The predicted octanol–water partition coefficient (Wildman–Crippen LogP) is 0.238. The van der Waals surface area contributed by atoms with Gasteiger partial charge in [0.05, 0.1) is 12.2 Å². The molecule has 2 atom stereocenters. The lowest BCUT2D eigenvalue weighted by Crippen LogP contribution is -2.32. The van der Waals surface area contributed by atoms with Crippen LogP contribution in [-0.4, -0.2) is 60.1 Å². The summed E-state index contributed by atoms with van der Waals surface area (Å²) in [5.74, 6) is -0.544. The zero-order valence-corrected chi connectivity index (χ0v) is 13.9. The van der Waals surface area contributed by atoms with Gasteiger partial charge in [0.25, 0.3) is 11.8 Å². The van der Waals surface area contributed by atoms with Crippen molar-refractivity contribution in [3.8, 4) is 0 Å². The van der Waals surface area contributed by atoms with Crippen LogP contribution in [0, 0.1) is 0 Å². The Morgan fingerprint density at radius 3 is 2.25 bits per heavy atom. The van der Waals surface area contributed by atoms with E-state index in [1.165, 1.54) is 10.7 Å². The fourth-order valence-corrected chi connectivity index (χ4v) is 3.00. The Kier molecular flexibility index (Phi) is 5.47. The molecule has 132 valence electrons. The largest absolute Gasteiger partial charge is 0.376 e. The lowest BCUT2D eigenvalue weighted by Gasteiger charge is -2.10. The number of hydrogen-bond donors (Lipinski definition) is 2.